The van der Waals surface area contributed by atoms with Crippen LogP contribution in [-0.2, 0) is 6.18 Å². The highest BCUT2D eigenvalue weighted by atomic mass is 79.9. The molecule has 0 unspecified atom stereocenters. The number of benzene rings is 1. The van der Waals surface area contributed by atoms with E-state index in [0.717, 1.165) is 14.9 Å². The second kappa shape index (κ2) is 7.42. The standard InChI is InChI=1S/C16H10BrF3N4OS/c17-13-7-6-11(26-13)8-21-23-15(25)12-9-22-24(14(12)16(18,19)20)10-4-2-1-3-5-10/h1-9H,(H,23,25)/b21-8-. The molecule has 0 saturated heterocycles. The minimum Gasteiger partial charge on any atom is -0.267 e. The summed E-state index contributed by atoms with van der Waals surface area (Å²) in [5.74, 6) is -0.994. The maximum atomic E-state index is 13.5. The van der Waals surface area contributed by atoms with Crippen LogP contribution >= 0.6 is 27.3 Å². The van der Waals surface area contributed by atoms with Crippen LogP contribution in [0.5, 0.6) is 0 Å². The zero-order chi connectivity index (χ0) is 18.7. The molecule has 0 atom stereocenters. The van der Waals surface area contributed by atoms with Crippen LogP contribution in [0.2, 0.25) is 0 Å². The molecule has 26 heavy (non-hydrogen) atoms. The van der Waals surface area contributed by atoms with Crippen LogP contribution in [0.25, 0.3) is 5.69 Å². The fraction of sp³-hybridized carbons (Fsp3) is 0.0625. The highest BCUT2D eigenvalue weighted by molar-refractivity contribution is 9.11. The molecule has 0 aliphatic heterocycles. The van der Waals surface area contributed by atoms with Gasteiger partial charge in [0.2, 0.25) is 0 Å². The quantitative estimate of drug-likeness (QED) is 0.478. The summed E-state index contributed by atoms with van der Waals surface area (Å²) in [6.07, 6.45) is -2.54. The van der Waals surface area contributed by atoms with Crippen LogP contribution in [-0.4, -0.2) is 21.9 Å². The van der Waals surface area contributed by atoms with Crippen molar-refractivity contribution in [2.24, 2.45) is 5.10 Å². The molecule has 5 nitrogen and oxygen atoms in total. The third kappa shape index (κ3) is 4.02. The first-order valence-corrected chi connectivity index (χ1v) is 8.76. The van der Waals surface area contributed by atoms with Gasteiger partial charge in [-0.3, -0.25) is 4.79 Å². The molecule has 134 valence electrons. The molecule has 0 saturated carbocycles. The molecule has 0 aliphatic carbocycles. The fourth-order valence-electron chi connectivity index (χ4n) is 2.16. The van der Waals surface area contributed by atoms with Crippen molar-refractivity contribution in [3.63, 3.8) is 0 Å². The monoisotopic (exact) mass is 442 g/mol. The molecular weight excluding hydrogens is 433 g/mol. The lowest BCUT2D eigenvalue weighted by atomic mass is 10.2. The van der Waals surface area contributed by atoms with E-state index < -0.39 is 23.3 Å². The summed E-state index contributed by atoms with van der Waals surface area (Å²) < 4.78 is 42.0. The summed E-state index contributed by atoms with van der Waals surface area (Å²) in [7, 11) is 0. The van der Waals surface area contributed by atoms with E-state index in [0.29, 0.717) is 4.68 Å². The summed E-state index contributed by atoms with van der Waals surface area (Å²) in [6, 6.07) is 11.3. The number of rotatable bonds is 4. The molecule has 3 aromatic rings. The number of halogens is 4. The molecule has 2 heterocycles. The number of thiophene rings is 1. The van der Waals surface area contributed by atoms with Gasteiger partial charge in [0, 0.05) is 4.88 Å². The molecule has 1 aromatic carbocycles. The minimum atomic E-state index is -4.76. The Hall–Kier alpha value is -2.46. The van der Waals surface area contributed by atoms with Crippen LogP contribution in [0, 0.1) is 0 Å². The third-order valence-corrected chi connectivity index (χ3v) is 4.79. The van der Waals surface area contributed by atoms with E-state index >= 15 is 0 Å². The number of nitrogens with zero attached hydrogens (tertiary/aromatic N) is 3. The molecule has 0 fully saturated rings. The van der Waals surface area contributed by atoms with Gasteiger partial charge in [0.05, 0.1) is 27.4 Å². The highest BCUT2D eigenvalue weighted by Gasteiger charge is 2.40. The molecule has 10 heteroatoms. The Balaban J connectivity index is 1.88. The van der Waals surface area contributed by atoms with Crippen molar-refractivity contribution >= 4 is 39.4 Å². The van der Waals surface area contributed by atoms with Gasteiger partial charge in [-0.15, -0.1) is 11.3 Å². The summed E-state index contributed by atoms with van der Waals surface area (Å²) in [6.45, 7) is 0. The van der Waals surface area contributed by atoms with Crippen LogP contribution in [0.3, 0.4) is 0 Å². The van der Waals surface area contributed by atoms with E-state index in [1.165, 1.54) is 29.7 Å². The first-order chi connectivity index (χ1) is 12.4. The molecular formula is C16H10BrF3N4OS. The molecule has 1 N–H and O–H groups in total. The number of carbonyl (C=O) groups is 1. The Bertz CT molecular complexity index is 950. The lowest BCUT2D eigenvalue weighted by Crippen LogP contribution is -2.23. The predicted octanol–water partition coefficient (Wildman–Crippen LogP) is 4.48. The van der Waals surface area contributed by atoms with Gasteiger partial charge < -0.3 is 0 Å². The molecule has 0 bridgehead atoms. The van der Waals surface area contributed by atoms with E-state index in [1.807, 2.05) is 0 Å². The van der Waals surface area contributed by atoms with Gasteiger partial charge in [-0.2, -0.15) is 23.4 Å². The summed E-state index contributed by atoms with van der Waals surface area (Å²) in [4.78, 5) is 12.9. The lowest BCUT2D eigenvalue weighted by molar-refractivity contribution is -0.143. The van der Waals surface area contributed by atoms with Crippen molar-refractivity contribution < 1.29 is 18.0 Å². The van der Waals surface area contributed by atoms with Crippen LogP contribution in [0.4, 0.5) is 13.2 Å². The van der Waals surface area contributed by atoms with Crippen molar-refractivity contribution in [3.8, 4) is 5.69 Å². The summed E-state index contributed by atoms with van der Waals surface area (Å²) >= 11 is 4.64. The van der Waals surface area contributed by atoms with E-state index in [9.17, 15) is 18.0 Å². The Morgan fingerprint density at radius 2 is 1.96 bits per heavy atom. The Labute approximate surface area is 158 Å². The van der Waals surface area contributed by atoms with Gasteiger partial charge in [-0.1, -0.05) is 18.2 Å². The maximum absolute atomic E-state index is 13.5. The molecule has 2 aromatic heterocycles. The van der Waals surface area contributed by atoms with E-state index in [4.69, 9.17) is 0 Å². The van der Waals surface area contributed by atoms with E-state index in [1.54, 1.807) is 30.3 Å². The fourth-order valence-corrected chi connectivity index (χ4v) is 3.46. The number of alkyl halides is 3. The number of aromatic nitrogens is 2. The number of carbonyl (C=O) groups excluding carboxylic acids is 1. The van der Waals surface area contributed by atoms with Crippen molar-refractivity contribution in [1.29, 1.82) is 0 Å². The van der Waals surface area contributed by atoms with Gasteiger partial charge in [0.25, 0.3) is 5.91 Å². The van der Waals surface area contributed by atoms with Gasteiger partial charge >= 0.3 is 6.18 Å². The summed E-state index contributed by atoms with van der Waals surface area (Å²) in [5.41, 5.74) is 0.540. The van der Waals surface area contributed by atoms with E-state index in [-0.39, 0.29) is 5.69 Å². The average molecular weight is 443 g/mol. The smallest absolute Gasteiger partial charge is 0.267 e. The maximum Gasteiger partial charge on any atom is 0.434 e. The Kier molecular flexibility index (Phi) is 5.23. The average Bonchev–Trinajstić information content (AvgIpc) is 3.21. The van der Waals surface area contributed by atoms with Gasteiger partial charge in [0.1, 0.15) is 0 Å². The number of amides is 1. The van der Waals surface area contributed by atoms with Crippen molar-refractivity contribution in [2.45, 2.75) is 6.18 Å². The number of hydrazone groups is 1. The Morgan fingerprint density at radius 3 is 2.58 bits per heavy atom. The number of nitrogens with one attached hydrogen (secondary N) is 1. The first-order valence-electron chi connectivity index (χ1n) is 7.15. The largest absolute Gasteiger partial charge is 0.434 e. The predicted molar refractivity (Wildman–Crippen MR) is 95.6 cm³/mol. The molecule has 0 aliphatic rings. The van der Waals surface area contributed by atoms with Gasteiger partial charge in [-0.25, -0.2) is 10.1 Å². The number of hydrogen-bond acceptors (Lipinski definition) is 4. The van der Waals surface area contributed by atoms with Crippen LogP contribution < -0.4 is 5.43 Å². The van der Waals surface area contributed by atoms with Gasteiger partial charge in [0.15, 0.2) is 5.69 Å². The first kappa shape index (κ1) is 18.3. The highest BCUT2D eigenvalue weighted by Crippen LogP contribution is 2.33. The molecule has 1 amide bonds. The number of para-hydroxylation sites is 1. The van der Waals surface area contributed by atoms with Crippen molar-refractivity contribution in [3.05, 3.63) is 68.6 Å². The van der Waals surface area contributed by atoms with Crippen molar-refractivity contribution in [1.82, 2.24) is 15.2 Å². The Morgan fingerprint density at radius 1 is 1.23 bits per heavy atom. The molecule has 0 spiro atoms. The van der Waals surface area contributed by atoms with Gasteiger partial charge in [-0.05, 0) is 40.2 Å². The lowest BCUT2D eigenvalue weighted by Gasteiger charge is -2.12. The van der Waals surface area contributed by atoms with Crippen molar-refractivity contribution in [2.75, 3.05) is 0 Å². The minimum absolute atomic E-state index is 0.200. The number of hydrogen-bond donors (Lipinski definition) is 1. The second-order valence-electron chi connectivity index (χ2n) is 4.99. The van der Waals surface area contributed by atoms with Crippen LogP contribution in [0.1, 0.15) is 20.9 Å². The topological polar surface area (TPSA) is 59.3 Å². The normalized spacial score (nSPS) is 11.8. The zero-order valence-corrected chi connectivity index (χ0v) is 15.3. The van der Waals surface area contributed by atoms with Crippen LogP contribution in [0.15, 0.2) is 57.5 Å². The SMILES string of the molecule is O=C(N/N=C\c1ccc(Br)s1)c1cnn(-c2ccccc2)c1C(F)(F)F. The molecule has 0 radical (unpaired) electrons. The summed E-state index contributed by atoms with van der Waals surface area (Å²) in [5, 5.41) is 7.42. The second-order valence-corrected chi connectivity index (χ2v) is 7.49. The third-order valence-electron chi connectivity index (χ3n) is 3.23. The zero-order valence-electron chi connectivity index (χ0n) is 12.9. The molecule has 3 rings (SSSR count). The van der Waals surface area contributed by atoms with E-state index in [2.05, 4.69) is 31.6 Å².